The van der Waals surface area contributed by atoms with E-state index in [1.54, 1.807) is 0 Å². The molecule has 2 aromatic rings. The Hall–Kier alpha value is -2.23. The largest absolute Gasteiger partial charge is 0.348 e. The first kappa shape index (κ1) is 13.7. The van der Waals surface area contributed by atoms with Crippen LogP contribution in [-0.2, 0) is 13.0 Å². The number of urea groups is 1. The van der Waals surface area contributed by atoms with Gasteiger partial charge in [0.2, 0.25) is 0 Å². The summed E-state index contributed by atoms with van der Waals surface area (Å²) in [6.45, 7) is 5.79. The van der Waals surface area contributed by atoms with Crippen molar-refractivity contribution in [2.75, 3.05) is 11.9 Å². The van der Waals surface area contributed by atoms with E-state index < -0.39 is 0 Å². The van der Waals surface area contributed by atoms with Crippen LogP contribution in [0.25, 0.3) is 0 Å². The number of hydrogen-bond acceptors (Lipinski definition) is 1. The van der Waals surface area contributed by atoms with Gasteiger partial charge in [0.05, 0.1) is 6.04 Å². The standard InChI is InChI=1S/C17H21N3O/c1-3-14-6-8-15(9-7-14)18-17(21)20-12-11-19-10-4-5-16(19)13(20)2/h4-10,13H,3,11-12H2,1-2H3,(H,18,21)/t13-/m0/s1. The second kappa shape index (κ2) is 5.64. The average molecular weight is 283 g/mol. The number of fused-ring (bicyclic) bond motifs is 1. The molecule has 1 N–H and O–H groups in total. The summed E-state index contributed by atoms with van der Waals surface area (Å²) < 4.78 is 2.21. The zero-order valence-electron chi connectivity index (χ0n) is 12.5. The highest BCUT2D eigenvalue weighted by molar-refractivity contribution is 5.89. The molecule has 0 bridgehead atoms. The molecule has 0 unspecified atom stereocenters. The molecule has 110 valence electrons. The molecule has 1 atom stereocenters. The number of nitrogens with one attached hydrogen (secondary N) is 1. The quantitative estimate of drug-likeness (QED) is 0.897. The minimum atomic E-state index is -0.0285. The van der Waals surface area contributed by atoms with Crippen molar-refractivity contribution in [2.24, 2.45) is 0 Å². The van der Waals surface area contributed by atoms with E-state index in [2.05, 4.69) is 48.1 Å². The number of benzene rings is 1. The molecule has 2 amide bonds. The molecule has 4 nitrogen and oxygen atoms in total. The lowest BCUT2D eigenvalue weighted by Gasteiger charge is -2.34. The highest BCUT2D eigenvalue weighted by Crippen LogP contribution is 2.26. The van der Waals surface area contributed by atoms with Crippen LogP contribution in [0.1, 0.15) is 31.1 Å². The first-order valence-corrected chi connectivity index (χ1v) is 7.50. The highest BCUT2D eigenvalue weighted by atomic mass is 16.2. The van der Waals surface area contributed by atoms with Gasteiger partial charge in [0.25, 0.3) is 0 Å². The lowest BCUT2D eigenvalue weighted by molar-refractivity contribution is 0.175. The third-order valence-corrected chi connectivity index (χ3v) is 4.22. The number of rotatable bonds is 2. The molecule has 1 aromatic carbocycles. The summed E-state index contributed by atoms with van der Waals surface area (Å²) >= 11 is 0. The van der Waals surface area contributed by atoms with Crippen LogP contribution in [0.5, 0.6) is 0 Å². The van der Waals surface area contributed by atoms with Crippen LogP contribution in [0.15, 0.2) is 42.6 Å². The predicted molar refractivity (Wildman–Crippen MR) is 84.4 cm³/mol. The fraction of sp³-hybridized carbons (Fsp3) is 0.353. The van der Waals surface area contributed by atoms with Crippen LogP contribution < -0.4 is 5.32 Å². The topological polar surface area (TPSA) is 37.3 Å². The summed E-state index contributed by atoms with van der Waals surface area (Å²) in [5, 5.41) is 2.99. The molecule has 0 saturated carbocycles. The van der Waals surface area contributed by atoms with Gasteiger partial charge in [-0.1, -0.05) is 19.1 Å². The Morgan fingerprint density at radius 3 is 2.71 bits per heavy atom. The maximum absolute atomic E-state index is 12.5. The van der Waals surface area contributed by atoms with Crippen LogP contribution in [0, 0.1) is 0 Å². The first-order chi connectivity index (χ1) is 10.2. The second-order valence-corrected chi connectivity index (χ2v) is 5.48. The maximum atomic E-state index is 12.5. The van der Waals surface area contributed by atoms with E-state index in [1.165, 1.54) is 11.3 Å². The Balaban J connectivity index is 1.71. The number of aryl methyl sites for hydroxylation is 1. The van der Waals surface area contributed by atoms with E-state index in [-0.39, 0.29) is 12.1 Å². The van der Waals surface area contributed by atoms with Crippen molar-refractivity contribution >= 4 is 11.7 Å². The maximum Gasteiger partial charge on any atom is 0.322 e. The van der Waals surface area contributed by atoms with Crippen molar-refractivity contribution in [1.29, 1.82) is 0 Å². The third-order valence-electron chi connectivity index (χ3n) is 4.22. The van der Waals surface area contributed by atoms with E-state index in [4.69, 9.17) is 0 Å². The number of amides is 2. The summed E-state index contributed by atoms with van der Waals surface area (Å²) in [5.41, 5.74) is 3.32. The summed E-state index contributed by atoms with van der Waals surface area (Å²) in [6, 6.07) is 12.2. The molecule has 0 saturated heterocycles. The number of aromatic nitrogens is 1. The second-order valence-electron chi connectivity index (χ2n) is 5.48. The van der Waals surface area contributed by atoms with Gasteiger partial charge in [0.1, 0.15) is 0 Å². The zero-order chi connectivity index (χ0) is 14.8. The summed E-state index contributed by atoms with van der Waals surface area (Å²) in [7, 11) is 0. The van der Waals surface area contributed by atoms with Gasteiger partial charge < -0.3 is 14.8 Å². The SMILES string of the molecule is CCc1ccc(NC(=O)N2CCn3cccc3[C@@H]2C)cc1. The molecule has 1 aliphatic heterocycles. The van der Waals surface area contributed by atoms with Crippen LogP contribution in [0.3, 0.4) is 0 Å². The molecule has 1 aliphatic rings. The van der Waals surface area contributed by atoms with Gasteiger partial charge in [0.15, 0.2) is 0 Å². The normalized spacial score (nSPS) is 17.4. The molecule has 21 heavy (non-hydrogen) atoms. The molecule has 0 fully saturated rings. The summed E-state index contributed by atoms with van der Waals surface area (Å²) in [6.07, 6.45) is 3.08. The molecule has 2 heterocycles. The van der Waals surface area contributed by atoms with Gasteiger partial charge in [-0.3, -0.25) is 0 Å². The highest BCUT2D eigenvalue weighted by Gasteiger charge is 2.27. The van der Waals surface area contributed by atoms with E-state index >= 15 is 0 Å². The Morgan fingerprint density at radius 1 is 1.24 bits per heavy atom. The monoisotopic (exact) mass is 283 g/mol. The Kier molecular flexibility index (Phi) is 3.69. The van der Waals surface area contributed by atoms with Crippen molar-refractivity contribution in [2.45, 2.75) is 32.9 Å². The fourth-order valence-electron chi connectivity index (χ4n) is 2.88. The summed E-state index contributed by atoms with van der Waals surface area (Å²) in [4.78, 5) is 14.4. The number of carbonyl (C=O) groups is 1. The van der Waals surface area contributed by atoms with Crippen LogP contribution >= 0.6 is 0 Å². The molecule has 4 heteroatoms. The Morgan fingerprint density at radius 2 is 2.00 bits per heavy atom. The van der Waals surface area contributed by atoms with Gasteiger partial charge >= 0.3 is 6.03 Å². The van der Waals surface area contributed by atoms with Gasteiger partial charge in [-0.25, -0.2) is 4.79 Å². The molecular formula is C17H21N3O. The van der Waals surface area contributed by atoms with E-state index in [9.17, 15) is 4.79 Å². The van der Waals surface area contributed by atoms with Gasteiger partial charge in [0, 0.05) is 30.7 Å². The van der Waals surface area contributed by atoms with Crippen LogP contribution in [0.2, 0.25) is 0 Å². The minimum Gasteiger partial charge on any atom is -0.348 e. The van der Waals surface area contributed by atoms with Crippen molar-refractivity contribution in [3.8, 4) is 0 Å². The van der Waals surface area contributed by atoms with Gasteiger partial charge in [-0.2, -0.15) is 0 Å². The van der Waals surface area contributed by atoms with E-state index in [0.29, 0.717) is 0 Å². The number of nitrogens with zero attached hydrogens (tertiary/aromatic N) is 2. The van der Waals surface area contributed by atoms with Crippen molar-refractivity contribution in [3.05, 3.63) is 53.9 Å². The fourth-order valence-corrected chi connectivity index (χ4v) is 2.88. The van der Waals surface area contributed by atoms with E-state index in [1.807, 2.05) is 23.1 Å². The lowest BCUT2D eigenvalue weighted by atomic mass is 10.1. The number of anilines is 1. The Labute approximate surface area is 125 Å². The van der Waals surface area contributed by atoms with E-state index in [0.717, 1.165) is 25.2 Å². The smallest absolute Gasteiger partial charge is 0.322 e. The molecular weight excluding hydrogens is 262 g/mol. The van der Waals surface area contributed by atoms with Crippen molar-refractivity contribution in [1.82, 2.24) is 9.47 Å². The molecule has 3 rings (SSSR count). The molecule has 0 aliphatic carbocycles. The van der Waals surface area contributed by atoms with Crippen LogP contribution in [0.4, 0.5) is 10.5 Å². The molecule has 0 radical (unpaired) electrons. The average Bonchev–Trinajstić information content (AvgIpc) is 2.98. The summed E-state index contributed by atoms with van der Waals surface area (Å²) in [5.74, 6) is 0. The third kappa shape index (κ3) is 2.66. The zero-order valence-corrected chi connectivity index (χ0v) is 12.5. The van der Waals surface area contributed by atoms with Gasteiger partial charge in [-0.05, 0) is 43.2 Å². The van der Waals surface area contributed by atoms with Crippen molar-refractivity contribution < 1.29 is 4.79 Å². The Bertz CT molecular complexity index is 630. The lowest BCUT2D eigenvalue weighted by Crippen LogP contribution is -2.42. The number of carbonyl (C=O) groups excluding carboxylic acids is 1. The first-order valence-electron chi connectivity index (χ1n) is 7.50. The van der Waals surface area contributed by atoms with Crippen LogP contribution in [-0.4, -0.2) is 22.0 Å². The van der Waals surface area contributed by atoms with Gasteiger partial charge in [-0.15, -0.1) is 0 Å². The molecule has 1 aromatic heterocycles. The minimum absolute atomic E-state index is 0.0285. The number of hydrogen-bond donors (Lipinski definition) is 1. The predicted octanol–water partition coefficient (Wildman–Crippen LogP) is 3.66. The molecule has 0 spiro atoms. The van der Waals surface area contributed by atoms with Crippen molar-refractivity contribution in [3.63, 3.8) is 0 Å².